The summed E-state index contributed by atoms with van der Waals surface area (Å²) in [6, 6.07) is 0. The zero-order chi connectivity index (χ0) is 21.0. The lowest BCUT2D eigenvalue weighted by Crippen LogP contribution is -2.49. The van der Waals surface area contributed by atoms with Crippen LogP contribution in [0.2, 0.25) is 19.6 Å². The van der Waals surface area contributed by atoms with Crippen LogP contribution in [-0.4, -0.2) is 39.1 Å². The van der Waals surface area contributed by atoms with Crippen molar-refractivity contribution in [1.82, 2.24) is 0 Å². The van der Waals surface area contributed by atoms with Gasteiger partial charge in [0.2, 0.25) is 0 Å². The van der Waals surface area contributed by atoms with Crippen LogP contribution in [0.15, 0.2) is 24.3 Å². The average molecular weight is 417 g/mol. The van der Waals surface area contributed by atoms with Crippen molar-refractivity contribution in [2.75, 3.05) is 7.11 Å². The maximum absolute atomic E-state index is 13.2. The molecular formula is C23H32O5Si. The summed E-state index contributed by atoms with van der Waals surface area (Å²) in [5.41, 5.74) is -0.459. The predicted molar refractivity (Wildman–Crippen MR) is 110 cm³/mol. The highest BCUT2D eigenvalue weighted by Gasteiger charge is 2.81. The van der Waals surface area contributed by atoms with Gasteiger partial charge in [0.05, 0.1) is 24.5 Å². The Bertz CT molecular complexity index is 843. The van der Waals surface area contributed by atoms with Gasteiger partial charge in [-0.1, -0.05) is 18.2 Å². The summed E-state index contributed by atoms with van der Waals surface area (Å²) in [6.07, 6.45) is 7.39. The van der Waals surface area contributed by atoms with E-state index >= 15 is 0 Å². The van der Waals surface area contributed by atoms with Gasteiger partial charge in [0.15, 0.2) is 8.32 Å². The molecule has 0 aromatic rings. The van der Waals surface area contributed by atoms with Gasteiger partial charge in [-0.2, -0.15) is 0 Å². The van der Waals surface area contributed by atoms with Crippen molar-refractivity contribution in [3.63, 3.8) is 0 Å². The van der Waals surface area contributed by atoms with Gasteiger partial charge in [-0.15, -0.1) is 0 Å². The fourth-order valence-corrected chi connectivity index (χ4v) is 8.97. The highest BCUT2D eigenvalue weighted by Crippen LogP contribution is 2.77. The summed E-state index contributed by atoms with van der Waals surface area (Å²) in [6.45, 7) is 13.0. The highest BCUT2D eigenvalue weighted by molar-refractivity contribution is 6.69. The first kappa shape index (κ1) is 19.6. The van der Waals surface area contributed by atoms with Crippen LogP contribution in [-0.2, 0) is 23.5 Å². The smallest absolute Gasteiger partial charge is 0.313 e. The standard InChI is InChI=1S/C23H32O5Si/c1-13-11-22-12-14(13)15(28-29(4,5)6)10-16(22)23-9-7-8-21(2,20(25)27-23)18(23)17(22)19(24)26-3/h7,9,14-18H,1,8,10-12H2,2-6H3. The molecule has 0 N–H and O–H groups in total. The molecule has 0 radical (unpaired) electrons. The minimum atomic E-state index is -1.76. The second kappa shape index (κ2) is 5.64. The monoisotopic (exact) mass is 416 g/mol. The molecule has 1 saturated heterocycles. The first-order valence-electron chi connectivity index (χ1n) is 10.8. The van der Waals surface area contributed by atoms with Crippen molar-refractivity contribution in [3.8, 4) is 0 Å². The Kier molecular flexibility index (Phi) is 3.80. The Labute approximate surface area is 174 Å². The van der Waals surface area contributed by atoms with Gasteiger partial charge in [-0.3, -0.25) is 9.59 Å². The van der Waals surface area contributed by atoms with E-state index in [-0.39, 0.29) is 47.1 Å². The fourth-order valence-electron chi connectivity index (χ4n) is 7.81. The molecule has 0 aromatic carbocycles. The molecular weight excluding hydrogens is 384 g/mol. The van der Waals surface area contributed by atoms with Gasteiger partial charge in [0, 0.05) is 17.8 Å². The van der Waals surface area contributed by atoms with E-state index in [0.717, 1.165) is 19.3 Å². The van der Waals surface area contributed by atoms with E-state index in [1.54, 1.807) is 0 Å². The van der Waals surface area contributed by atoms with Crippen LogP contribution in [0.3, 0.4) is 0 Å². The third kappa shape index (κ3) is 2.25. The summed E-state index contributed by atoms with van der Waals surface area (Å²) in [5, 5.41) is 0. The number of rotatable bonds is 3. The van der Waals surface area contributed by atoms with Crippen molar-refractivity contribution < 1.29 is 23.5 Å². The number of hydrogen-bond acceptors (Lipinski definition) is 5. The quantitative estimate of drug-likeness (QED) is 0.397. The Balaban J connectivity index is 1.68. The Hall–Kier alpha value is -1.40. The second-order valence-electron chi connectivity index (χ2n) is 11.2. The summed E-state index contributed by atoms with van der Waals surface area (Å²) >= 11 is 0. The molecule has 8 atom stereocenters. The lowest BCUT2D eigenvalue weighted by atomic mass is 9.62. The Morgan fingerprint density at radius 1 is 1.34 bits per heavy atom. The summed E-state index contributed by atoms with van der Waals surface area (Å²) in [5.74, 6) is -0.552. The molecule has 5 aliphatic rings. The molecule has 6 heteroatoms. The van der Waals surface area contributed by atoms with Gasteiger partial charge in [-0.25, -0.2) is 0 Å². The summed E-state index contributed by atoms with van der Waals surface area (Å²) < 4.78 is 18.2. The fraction of sp³-hybridized carbons (Fsp3) is 0.739. The van der Waals surface area contributed by atoms with Crippen LogP contribution in [0.1, 0.15) is 32.6 Å². The number of esters is 2. The normalized spacial score (nSPS) is 49.6. The predicted octanol–water partition coefficient (Wildman–Crippen LogP) is 3.86. The molecule has 0 aromatic heterocycles. The number of fused-ring (bicyclic) bond motifs is 1. The molecule has 8 unspecified atom stereocenters. The first-order chi connectivity index (χ1) is 13.5. The van der Waals surface area contributed by atoms with Crippen LogP contribution < -0.4 is 0 Å². The second-order valence-corrected chi connectivity index (χ2v) is 15.6. The third-order valence-corrected chi connectivity index (χ3v) is 9.59. The maximum Gasteiger partial charge on any atom is 0.313 e. The van der Waals surface area contributed by atoms with E-state index in [2.05, 4.69) is 38.4 Å². The maximum atomic E-state index is 13.2. The van der Waals surface area contributed by atoms with E-state index in [1.807, 2.05) is 6.92 Å². The average Bonchev–Trinajstić information content (AvgIpc) is 3.08. The number of methoxy groups -OCH3 is 1. The van der Waals surface area contributed by atoms with Crippen LogP contribution in [0.4, 0.5) is 0 Å². The molecule has 5 nitrogen and oxygen atoms in total. The number of carbonyl (C=O) groups is 2. The van der Waals surface area contributed by atoms with Crippen molar-refractivity contribution >= 4 is 20.3 Å². The zero-order valence-corrected chi connectivity index (χ0v) is 19.1. The molecule has 158 valence electrons. The topological polar surface area (TPSA) is 61.8 Å². The molecule has 0 amide bonds. The van der Waals surface area contributed by atoms with E-state index < -0.39 is 19.3 Å². The zero-order valence-electron chi connectivity index (χ0n) is 18.1. The molecule has 4 fully saturated rings. The van der Waals surface area contributed by atoms with Crippen LogP contribution in [0.25, 0.3) is 0 Å². The minimum absolute atomic E-state index is 0.0586. The van der Waals surface area contributed by atoms with Crippen LogP contribution in [0.5, 0.6) is 0 Å². The van der Waals surface area contributed by atoms with Crippen LogP contribution >= 0.6 is 0 Å². The molecule has 1 heterocycles. The molecule has 3 saturated carbocycles. The number of ether oxygens (including phenoxy) is 2. The number of allylic oxidation sites excluding steroid dienone is 1. The summed E-state index contributed by atoms with van der Waals surface area (Å²) in [4.78, 5) is 26.3. The lowest BCUT2D eigenvalue weighted by Gasteiger charge is -2.46. The largest absolute Gasteiger partial charge is 0.469 e. The molecule has 1 aliphatic heterocycles. The van der Waals surface area contributed by atoms with Crippen molar-refractivity contribution in [1.29, 1.82) is 0 Å². The minimum Gasteiger partial charge on any atom is -0.469 e. The SMILES string of the molecule is C=C1CC23CC1C(O[Si](C)(C)C)CC2C12C=CCC(C)(C(=O)O1)C2C3C(=O)OC. The lowest BCUT2D eigenvalue weighted by molar-refractivity contribution is -0.161. The number of hydrogen-bond donors (Lipinski definition) is 0. The van der Waals surface area contributed by atoms with Crippen molar-refractivity contribution in [2.45, 2.75) is 64.0 Å². The molecule has 1 spiro atoms. The van der Waals surface area contributed by atoms with Gasteiger partial charge in [0.25, 0.3) is 0 Å². The van der Waals surface area contributed by atoms with Crippen LogP contribution in [0, 0.1) is 34.5 Å². The summed E-state index contributed by atoms with van der Waals surface area (Å²) in [7, 11) is -0.296. The van der Waals surface area contributed by atoms with E-state index in [0.29, 0.717) is 6.42 Å². The Morgan fingerprint density at radius 2 is 2.07 bits per heavy atom. The van der Waals surface area contributed by atoms with E-state index in [1.165, 1.54) is 12.7 Å². The van der Waals surface area contributed by atoms with E-state index in [9.17, 15) is 9.59 Å². The van der Waals surface area contributed by atoms with Gasteiger partial charge < -0.3 is 13.9 Å². The molecule has 29 heavy (non-hydrogen) atoms. The molecule has 5 rings (SSSR count). The van der Waals surface area contributed by atoms with Gasteiger partial charge >= 0.3 is 11.9 Å². The van der Waals surface area contributed by atoms with Crippen molar-refractivity contribution in [3.05, 3.63) is 24.3 Å². The van der Waals surface area contributed by atoms with Gasteiger partial charge in [0.1, 0.15) is 5.60 Å². The molecule has 4 aliphatic carbocycles. The molecule has 4 bridgehead atoms. The first-order valence-corrected chi connectivity index (χ1v) is 14.2. The Morgan fingerprint density at radius 3 is 2.72 bits per heavy atom. The van der Waals surface area contributed by atoms with E-state index in [4.69, 9.17) is 13.9 Å². The number of carbonyl (C=O) groups excluding carboxylic acids is 2. The highest BCUT2D eigenvalue weighted by atomic mass is 28.4. The van der Waals surface area contributed by atoms with Crippen molar-refractivity contribution in [2.24, 2.45) is 34.5 Å². The van der Waals surface area contributed by atoms with Gasteiger partial charge in [-0.05, 0) is 63.7 Å². The third-order valence-electron chi connectivity index (χ3n) is 8.58.